The summed E-state index contributed by atoms with van der Waals surface area (Å²) in [4.78, 5) is 0. The topological polar surface area (TPSA) is 47.3 Å². The van der Waals surface area contributed by atoms with Crippen molar-refractivity contribution in [3.8, 4) is 0 Å². The summed E-state index contributed by atoms with van der Waals surface area (Å²) in [6.07, 6.45) is 5.08. The molecule has 3 N–H and O–H groups in total. The molecule has 19 heavy (non-hydrogen) atoms. The average molecular weight is 262 g/mol. The Labute approximate surface area is 116 Å². The summed E-state index contributed by atoms with van der Waals surface area (Å²) in [7, 11) is 0. The van der Waals surface area contributed by atoms with Crippen molar-refractivity contribution in [2.24, 2.45) is 5.84 Å². The standard InChI is InChI=1S/C16H26N2O/c1-12(2)19-11-15(18-17)10-14-8-5-7-13-6-3-4-9-16(13)14/h3-4,6,9,12,14-15,18H,5,7-8,10-11,17H2,1-2H3. The Kier molecular flexibility index (Phi) is 5.37. The second-order valence-electron chi connectivity index (χ2n) is 5.77. The minimum atomic E-state index is 0.235. The smallest absolute Gasteiger partial charge is 0.0636 e. The number of nitrogens with one attached hydrogen (secondary N) is 1. The lowest BCUT2D eigenvalue weighted by molar-refractivity contribution is 0.0577. The van der Waals surface area contributed by atoms with Crippen molar-refractivity contribution in [2.45, 2.75) is 57.6 Å². The first kappa shape index (κ1) is 14.5. The van der Waals surface area contributed by atoms with Crippen LogP contribution in [0, 0.1) is 0 Å². The molecule has 0 amide bonds. The van der Waals surface area contributed by atoms with Crippen molar-refractivity contribution in [2.75, 3.05) is 6.61 Å². The maximum absolute atomic E-state index is 5.68. The van der Waals surface area contributed by atoms with E-state index in [0.717, 1.165) is 6.42 Å². The van der Waals surface area contributed by atoms with Gasteiger partial charge in [0.1, 0.15) is 0 Å². The van der Waals surface area contributed by atoms with Crippen molar-refractivity contribution in [1.29, 1.82) is 0 Å². The van der Waals surface area contributed by atoms with Gasteiger partial charge in [-0.3, -0.25) is 11.3 Å². The maximum Gasteiger partial charge on any atom is 0.0636 e. The van der Waals surface area contributed by atoms with Crippen LogP contribution in [-0.4, -0.2) is 18.8 Å². The molecule has 0 aliphatic heterocycles. The van der Waals surface area contributed by atoms with Crippen molar-refractivity contribution in [3.05, 3.63) is 35.4 Å². The molecule has 1 aromatic rings. The summed E-state index contributed by atoms with van der Waals surface area (Å²) in [5, 5.41) is 0. The number of benzene rings is 1. The lowest BCUT2D eigenvalue weighted by Crippen LogP contribution is -2.40. The Bertz CT molecular complexity index is 392. The second kappa shape index (κ2) is 7.04. The van der Waals surface area contributed by atoms with Gasteiger partial charge in [-0.05, 0) is 56.6 Å². The quantitative estimate of drug-likeness (QED) is 0.612. The number of hydrazine groups is 1. The van der Waals surface area contributed by atoms with Gasteiger partial charge in [0, 0.05) is 6.04 Å². The van der Waals surface area contributed by atoms with Crippen LogP contribution in [0.15, 0.2) is 24.3 Å². The van der Waals surface area contributed by atoms with E-state index >= 15 is 0 Å². The predicted octanol–water partition coefficient (Wildman–Crippen LogP) is 2.75. The van der Waals surface area contributed by atoms with Crippen LogP contribution < -0.4 is 11.3 Å². The van der Waals surface area contributed by atoms with E-state index in [-0.39, 0.29) is 12.1 Å². The number of fused-ring (bicyclic) bond motifs is 1. The summed E-state index contributed by atoms with van der Waals surface area (Å²) in [5.41, 5.74) is 5.94. The van der Waals surface area contributed by atoms with Crippen molar-refractivity contribution in [1.82, 2.24) is 5.43 Å². The van der Waals surface area contributed by atoms with Crippen LogP contribution in [0.3, 0.4) is 0 Å². The van der Waals surface area contributed by atoms with E-state index in [1.54, 1.807) is 0 Å². The van der Waals surface area contributed by atoms with Gasteiger partial charge < -0.3 is 4.74 Å². The van der Waals surface area contributed by atoms with Crippen LogP contribution in [0.4, 0.5) is 0 Å². The highest BCUT2D eigenvalue weighted by Crippen LogP contribution is 2.34. The van der Waals surface area contributed by atoms with Gasteiger partial charge in [-0.1, -0.05) is 24.3 Å². The van der Waals surface area contributed by atoms with Gasteiger partial charge in [0.2, 0.25) is 0 Å². The molecule has 0 saturated carbocycles. The van der Waals surface area contributed by atoms with Gasteiger partial charge in [-0.25, -0.2) is 0 Å². The lowest BCUT2D eigenvalue weighted by atomic mass is 9.80. The highest BCUT2D eigenvalue weighted by atomic mass is 16.5. The van der Waals surface area contributed by atoms with E-state index in [1.165, 1.54) is 30.4 Å². The molecule has 2 rings (SSSR count). The van der Waals surface area contributed by atoms with E-state index in [0.29, 0.717) is 12.5 Å². The molecule has 1 aromatic carbocycles. The fraction of sp³-hybridized carbons (Fsp3) is 0.625. The second-order valence-corrected chi connectivity index (χ2v) is 5.77. The first-order valence-corrected chi connectivity index (χ1v) is 7.36. The summed E-state index contributed by atoms with van der Waals surface area (Å²) in [6.45, 7) is 4.81. The zero-order valence-electron chi connectivity index (χ0n) is 12.1. The number of hydrogen-bond acceptors (Lipinski definition) is 3. The number of aryl methyl sites for hydroxylation is 1. The minimum absolute atomic E-state index is 0.235. The minimum Gasteiger partial charge on any atom is -0.377 e. The maximum atomic E-state index is 5.68. The Morgan fingerprint density at radius 3 is 2.89 bits per heavy atom. The zero-order chi connectivity index (χ0) is 13.7. The SMILES string of the molecule is CC(C)OCC(CC1CCCc2ccccc21)NN. The first-order chi connectivity index (χ1) is 9.20. The van der Waals surface area contributed by atoms with Gasteiger partial charge in [0.25, 0.3) is 0 Å². The molecule has 1 aliphatic rings. The molecule has 0 spiro atoms. The Balaban J connectivity index is 1.98. The molecular formula is C16H26N2O. The van der Waals surface area contributed by atoms with Gasteiger partial charge in [-0.2, -0.15) is 0 Å². The fourth-order valence-corrected chi connectivity index (χ4v) is 2.94. The molecule has 2 atom stereocenters. The van der Waals surface area contributed by atoms with E-state index in [1.807, 2.05) is 0 Å². The van der Waals surface area contributed by atoms with Crippen molar-refractivity contribution < 1.29 is 4.74 Å². The van der Waals surface area contributed by atoms with Crippen molar-refractivity contribution in [3.63, 3.8) is 0 Å². The van der Waals surface area contributed by atoms with Crippen LogP contribution in [0.25, 0.3) is 0 Å². The summed E-state index contributed by atoms with van der Waals surface area (Å²) in [6, 6.07) is 9.06. The molecule has 3 nitrogen and oxygen atoms in total. The molecule has 0 fully saturated rings. The van der Waals surface area contributed by atoms with E-state index in [9.17, 15) is 0 Å². The van der Waals surface area contributed by atoms with Crippen LogP contribution >= 0.6 is 0 Å². The Morgan fingerprint density at radius 1 is 1.37 bits per heavy atom. The highest BCUT2D eigenvalue weighted by Gasteiger charge is 2.23. The fourth-order valence-electron chi connectivity index (χ4n) is 2.94. The zero-order valence-corrected chi connectivity index (χ0v) is 12.1. The third-order valence-electron chi connectivity index (χ3n) is 3.93. The number of rotatable bonds is 6. The van der Waals surface area contributed by atoms with Gasteiger partial charge in [-0.15, -0.1) is 0 Å². The summed E-state index contributed by atoms with van der Waals surface area (Å²) >= 11 is 0. The lowest BCUT2D eigenvalue weighted by Gasteiger charge is -2.29. The van der Waals surface area contributed by atoms with Crippen LogP contribution in [0.2, 0.25) is 0 Å². The third kappa shape index (κ3) is 4.03. The molecule has 2 unspecified atom stereocenters. The molecule has 106 valence electrons. The molecule has 0 aromatic heterocycles. The molecule has 0 saturated heterocycles. The highest BCUT2D eigenvalue weighted by molar-refractivity contribution is 5.32. The van der Waals surface area contributed by atoms with Crippen molar-refractivity contribution >= 4 is 0 Å². The van der Waals surface area contributed by atoms with Gasteiger partial charge in [0.05, 0.1) is 12.7 Å². The molecule has 3 heteroatoms. The largest absolute Gasteiger partial charge is 0.377 e. The Hall–Kier alpha value is -0.900. The predicted molar refractivity (Wildman–Crippen MR) is 78.9 cm³/mol. The molecule has 0 heterocycles. The van der Waals surface area contributed by atoms with Gasteiger partial charge >= 0.3 is 0 Å². The number of ether oxygens (including phenoxy) is 1. The van der Waals surface area contributed by atoms with E-state index < -0.39 is 0 Å². The van der Waals surface area contributed by atoms with Crippen LogP contribution in [0.5, 0.6) is 0 Å². The summed E-state index contributed by atoms with van der Waals surface area (Å²) < 4.78 is 5.68. The molecular weight excluding hydrogens is 236 g/mol. The molecule has 0 bridgehead atoms. The van der Waals surface area contributed by atoms with E-state index in [2.05, 4.69) is 43.5 Å². The van der Waals surface area contributed by atoms with Crippen LogP contribution in [0.1, 0.15) is 50.2 Å². The number of hydrogen-bond donors (Lipinski definition) is 2. The first-order valence-electron chi connectivity index (χ1n) is 7.36. The van der Waals surface area contributed by atoms with Gasteiger partial charge in [0.15, 0.2) is 0 Å². The average Bonchev–Trinajstić information content (AvgIpc) is 2.43. The van der Waals surface area contributed by atoms with E-state index in [4.69, 9.17) is 10.6 Å². The molecule has 0 radical (unpaired) electrons. The third-order valence-corrected chi connectivity index (χ3v) is 3.93. The number of nitrogens with two attached hydrogens (primary N) is 1. The normalized spacial score (nSPS) is 20.3. The summed E-state index contributed by atoms with van der Waals surface area (Å²) in [5.74, 6) is 6.28. The monoisotopic (exact) mass is 262 g/mol. The molecule has 1 aliphatic carbocycles. The van der Waals surface area contributed by atoms with Crippen LogP contribution in [-0.2, 0) is 11.2 Å². The Morgan fingerprint density at radius 2 is 2.16 bits per heavy atom.